The first kappa shape index (κ1) is 30.1. The molecule has 1 fully saturated rings. The monoisotopic (exact) mass is 618 g/mol. The van der Waals surface area contributed by atoms with Gasteiger partial charge in [-0.2, -0.15) is 0 Å². The van der Waals surface area contributed by atoms with Crippen molar-refractivity contribution in [2.24, 2.45) is 5.16 Å². The average molecular weight is 619 g/mol. The lowest BCUT2D eigenvalue weighted by molar-refractivity contribution is -0.150. The minimum absolute atomic E-state index is 0.0175. The van der Waals surface area contributed by atoms with E-state index >= 15 is 0 Å². The van der Waals surface area contributed by atoms with Crippen LogP contribution in [0.25, 0.3) is 0 Å². The van der Waals surface area contributed by atoms with E-state index in [2.05, 4.69) is 20.8 Å². The van der Waals surface area contributed by atoms with Gasteiger partial charge in [-0.05, 0) is 42.2 Å². The zero-order chi connectivity index (χ0) is 29.8. The third-order valence-corrected chi connectivity index (χ3v) is 8.97. The summed E-state index contributed by atoms with van der Waals surface area (Å²) in [5.74, 6) is -2.59. The Morgan fingerprint density at radius 3 is 2.71 bits per heavy atom. The molecule has 5 N–H and O–H groups in total. The molecule has 0 unspecified atom stereocenters. The number of nitrogens with zero attached hydrogens (tertiary/aromatic N) is 3. The molecule has 41 heavy (non-hydrogen) atoms. The van der Waals surface area contributed by atoms with Gasteiger partial charge in [0.2, 0.25) is 5.91 Å². The largest absolute Gasteiger partial charge is 0.477 e. The fourth-order valence-electron chi connectivity index (χ4n) is 4.25. The number of amides is 3. The number of fused-ring (bicyclic) bond motifs is 1. The van der Waals surface area contributed by atoms with Crippen LogP contribution in [0.4, 0.5) is 10.8 Å². The van der Waals surface area contributed by atoms with Gasteiger partial charge in [-0.1, -0.05) is 23.0 Å². The maximum absolute atomic E-state index is 13.1. The molecule has 4 rings (SSSR count). The number of nitrogen functional groups attached to an aromatic ring is 1. The molecule has 216 valence electrons. The van der Waals surface area contributed by atoms with Crippen LogP contribution in [-0.2, 0) is 35.2 Å². The highest BCUT2D eigenvalue weighted by atomic mass is 32.2. The summed E-state index contributed by atoms with van der Waals surface area (Å²) in [4.78, 5) is 71.7. The average Bonchev–Trinajstić information content (AvgIpc) is 3.36. The lowest BCUT2D eigenvalue weighted by atomic mass is 9.96. The van der Waals surface area contributed by atoms with Gasteiger partial charge in [0.25, 0.3) is 11.8 Å². The standard InChI is InChI=1S/C25H26N6O7S3/c1-11-4-5-15(27-17(33)10-39-12(2)32)7-13(11)6-14-8-40-23-19(22(35)31(23)20(14)24(36)37)29-21(34)18(30-38-3)16-9-41-25(26)28-16/h4-5,7,9,19,23H,6,8,10H2,1-3H3,(H2,26,28)(H,27,33)(H,29,34)(H,36,37)/b30-18-/t19-,23-/m1/s1. The van der Waals surface area contributed by atoms with Gasteiger partial charge in [0.1, 0.15) is 29.9 Å². The highest BCUT2D eigenvalue weighted by molar-refractivity contribution is 8.14. The van der Waals surface area contributed by atoms with Gasteiger partial charge < -0.3 is 26.3 Å². The summed E-state index contributed by atoms with van der Waals surface area (Å²) < 4.78 is 0. The maximum Gasteiger partial charge on any atom is 0.352 e. The number of aliphatic carboxylic acids is 1. The van der Waals surface area contributed by atoms with Gasteiger partial charge in [-0.25, -0.2) is 9.78 Å². The van der Waals surface area contributed by atoms with Crippen molar-refractivity contribution in [3.63, 3.8) is 0 Å². The molecule has 0 bridgehead atoms. The van der Waals surface area contributed by atoms with Crippen molar-refractivity contribution in [1.29, 1.82) is 0 Å². The first-order valence-electron chi connectivity index (χ1n) is 12.1. The number of hydrogen-bond acceptors (Lipinski definition) is 12. The first-order valence-corrected chi connectivity index (χ1v) is 15.0. The number of oxime groups is 1. The maximum atomic E-state index is 13.1. The van der Waals surface area contributed by atoms with Crippen molar-refractivity contribution in [2.45, 2.75) is 31.7 Å². The van der Waals surface area contributed by atoms with Crippen LogP contribution < -0.4 is 16.4 Å². The number of carbonyl (C=O) groups is 5. The van der Waals surface area contributed by atoms with E-state index in [1.165, 1.54) is 36.1 Å². The summed E-state index contributed by atoms with van der Waals surface area (Å²) in [5, 5.41) is 20.1. The first-order chi connectivity index (χ1) is 19.5. The second-order valence-electron chi connectivity index (χ2n) is 8.96. The fourth-order valence-corrected chi connectivity index (χ4v) is 6.55. The predicted octanol–water partition coefficient (Wildman–Crippen LogP) is 1.58. The Balaban J connectivity index is 1.51. The number of thioether (sulfide) groups is 2. The number of carbonyl (C=O) groups excluding carboxylic acids is 4. The molecule has 2 aromatic rings. The Morgan fingerprint density at radius 2 is 2.07 bits per heavy atom. The van der Waals surface area contributed by atoms with Crippen LogP contribution in [0.5, 0.6) is 0 Å². The lowest BCUT2D eigenvalue weighted by Gasteiger charge is -2.49. The number of carboxylic acid groups (broad SMARTS) is 1. The quantitative estimate of drug-likeness (QED) is 0.172. The molecule has 0 radical (unpaired) electrons. The third kappa shape index (κ3) is 6.71. The van der Waals surface area contributed by atoms with Crippen LogP contribution in [0.1, 0.15) is 23.7 Å². The van der Waals surface area contributed by atoms with Crippen LogP contribution in [0, 0.1) is 6.92 Å². The van der Waals surface area contributed by atoms with E-state index in [0.717, 1.165) is 34.2 Å². The van der Waals surface area contributed by atoms with Gasteiger partial charge in [0, 0.05) is 23.7 Å². The Kier molecular flexibility index (Phi) is 9.35. The summed E-state index contributed by atoms with van der Waals surface area (Å²) in [6.07, 6.45) is 0.232. The Bertz CT molecular complexity index is 1490. The zero-order valence-corrected chi connectivity index (χ0v) is 24.6. The summed E-state index contributed by atoms with van der Waals surface area (Å²) in [6, 6.07) is 4.30. The number of nitrogens with one attached hydrogen (secondary N) is 2. The van der Waals surface area contributed by atoms with E-state index in [-0.39, 0.29) is 45.4 Å². The molecule has 16 heteroatoms. The molecule has 0 spiro atoms. The summed E-state index contributed by atoms with van der Waals surface area (Å²) in [6.45, 7) is 3.25. The van der Waals surface area contributed by atoms with E-state index in [1.54, 1.807) is 18.2 Å². The number of carboxylic acids is 1. The lowest BCUT2D eigenvalue weighted by Crippen LogP contribution is -2.71. The van der Waals surface area contributed by atoms with Crippen molar-refractivity contribution >= 4 is 80.2 Å². The molecule has 3 heterocycles. The molecule has 2 aliphatic rings. The molecule has 1 aromatic carbocycles. The molecule has 0 aliphatic carbocycles. The predicted molar refractivity (Wildman–Crippen MR) is 156 cm³/mol. The van der Waals surface area contributed by atoms with Crippen molar-refractivity contribution in [2.75, 3.05) is 29.7 Å². The van der Waals surface area contributed by atoms with Gasteiger partial charge in [0.05, 0.1) is 5.75 Å². The highest BCUT2D eigenvalue weighted by Gasteiger charge is 2.54. The number of thiazole rings is 1. The molecular weight excluding hydrogens is 593 g/mol. The number of anilines is 2. The summed E-state index contributed by atoms with van der Waals surface area (Å²) >= 11 is 3.34. The Hall–Kier alpha value is -3.89. The molecule has 2 atom stereocenters. The van der Waals surface area contributed by atoms with E-state index in [1.807, 2.05) is 6.92 Å². The zero-order valence-electron chi connectivity index (χ0n) is 22.1. The molecule has 1 aromatic heterocycles. The summed E-state index contributed by atoms with van der Waals surface area (Å²) in [5.41, 5.74) is 8.23. The number of hydrogen-bond donors (Lipinski definition) is 4. The van der Waals surface area contributed by atoms with Gasteiger partial charge >= 0.3 is 5.97 Å². The topological polar surface area (TPSA) is 193 Å². The van der Waals surface area contributed by atoms with Crippen LogP contribution >= 0.6 is 34.9 Å². The minimum atomic E-state index is -1.26. The normalized spacial score (nSPS) is 18.4. The Morgan fingerprint density at radius 1 is 1.32 bits per heavy atom. The molecule has 13 nitrogen and oxygen atoms in total. The Labute approximate surface area is 246 Å². The molecular formula is C25H26N6O7S3. The molecule has 1 saturated heterocycles. The second kappa shape index (κ2) is 12.7. The number of rotatable bonds is 10. The summed E-state index contributed by atoms with van der Waals surface area (Å²) in [7, 11) is 1.26. The van der Waals surface area contributed by atoms with E-state index in [4.69, 9.17) is 10.6 Å². The SMILES string of the molecule is CO/N=C(\C(=O)N[C@@H]1C(=O)N2C(C(=O)O)=C(Cc3cc(NC(=O)CSC(C)=O)ccc3C)CS[C@H]12)c1csc(N)n1. The molecule has 0 saturated carbocycles. The van der Waals surface area contributed by atoms with E-state index < -0.39 is 29.2 Å². The van der Waals surface area contributed by atoms with Crippen LogP contribution in [0.15, 0.2) is 40.0 Å². The fraction of sp³-hybridized carbons (Fsp3) is 0.320. The molecule has 2 aliphatic heterocycles. The van der Waals surface area contributed by atoms with Crippen molar-refractivity contribution in [3.05, 3.63) is 51.7 Å². The minimum Gasteiger partial charge on any atom is -0.477 e. The van der Waals surface area contributed by atoms with Gasteiger partial charge in [-0.3, -0.25) is 24.1 Å². The van der Waals surface area contributed by atoms with Crippen LogP contribution in [-0.4, -0.2) is 79.5 Å². The number of aryl methyl sites for hydroxylation is 1. The smallest absolute Gasteiger partial charge is 0.352 e. The van der Waals surface area contributed by atoms with Gasteiger partial charge in [-0.15, -0.1) is 23.1 Å². The number of benzene rings is 1. The van der Waals surface area contributed by atoms with Crippen LogP contribution in [0.3, 0.4) is 0 Å². The number of β-lactam (4-membered cyclic amide) rings is 1. The van der Waals surface area contributed by atoms with Crippen molar-refractivity contribution in [3.8, 4) is 0 Å². The highest BCUT2D eigenvalue weighted by Crippen LogP contribution is 2.41. The third-order valence-electron chi connectivity index (χ3n) is 6.14. The molecule has 3 amide bonds. The second-order valence-corrected chi connectivity index (χ2v) is 12.1. The number of nitrogens with two attached hydrogens (primary N) is 1. The van der Waals surface area contributed by atoms with Crippen LogP contribution in [0.2, 0.25) is 0 Å². The van der Waals surface area contributed by atoms with E-state index in [0.29, 0.717) is 17.0 Å². The number of aromatic nitrogens is 1. The van der Waals surface area contributed by atoms with E-state index in [9.17, 15) is 29.1 Å². The van der Waals surface area contributed by atoms with Crippen molar-refractivity contribution in [1.82, 2.24) is 15.2 Å². The van der Waals surface area contributed by atoms with Crippen molar-refractivity contribution < 1.29 is 33.9 Å². The van der Waals surface area contributed by atoms with Gasteiger partial charge in [0.15, 0.2) is 16.0 Å².